The molecule has 0 radical (unpaired) electrons. The topological polar surface area (TPSA) is 66.4 Å². The number of sulfonamides is 1. The molecule has 0 aliphatic rings. The van der Waals surface area contributed by atoms with E-state index in [-0.39, 0.29) is 29.4 Å². The fourth-order valence-corrected chi connectivity index (χ4v) is 2.63. The molecule has 4 nitrogen and oxygen atoms in total. The second-order valence-corrected chi connectivity index (χ2v) is 6.55. The van der Waals surface area contributed by atoms with Crippen LogP contribution < -0.4 is 4.72 Å². The predicted octanol–water partition coefficient (Wildman–Crippen LogP) is 1.88. The predicted molar refractivity (Wildman–Crippen MR) is 79.6 cm³/mol. The van der Waals surface area contributed by atoms with Crippen LogP contribution in [0, 0.1) is 23.6 Å². The standard InChI is InChI=1S/C15H20FNO3S/c1-3-12(2)11-17-21(19,20)14-8-7-13(15(16)10-14)6-4-5-9-18/h7-8,10,12,17-18H,3,5,9,11H2,1-2H3. The molecule has 0 saturated carbocycles. The summed E-state index contributed by atoms with van der Waals surface area (Å²) in [5, 5.41) is 8.60. The van der Waals surface area contributed by atoms with Gasteiger partial charge in [-0.1, -0.05) is 32.1 Å². The van der Waals surface area contributed by atoms with E-state index in [1.54, 1.807) is 0 Å². The maximum atomic E-state index is 13.8. The van der Waals surface area contributed by atoms with E-state index in [1.165, 1.54) is 12.1 Å². The molecule has 0 amide bonds. The Morgan fingerprint density at radius 2 is 2.14 bits per heavy atom. The summed E-state index contributed by atoms with van der Waals surface area (Å²) in [6.07, 6.45) is 1.10. The first-order chi connectivity index (χ1) is 9.90. The summed E-state index contributed by atoms with van der Waals surface area (Å²) in [6, 6.07) is 3.62. The Balaban J connectivity index is 2.90. The Morgan fingerprint density at radius 1 is 1.43 bits per heavy atom. The summed E-state index contributed by atoms with van der Waals surface area (Å²) in [6.45, 7) is 4.13. The molecule has 0 heterocycles. The number of aliphatic hydroxyl groups excluding tert-OH is 1. The maximum Gasteiger partial charge on any atom is 0.240 e. The lowest BCUT2D eigenvalue weighted by Gasteiger charge is -2.11. The first-order valence-electron chi connectivity index (χ1n) is 6.79. The van der Waals surface area contributed by atoms with Crippen molar-refractivity contribution in [3.05, 3.63) is 29.6 Å². The van der Waals surface area contributed by atoms with Crippen molar-refractivity contribution in [3.8, 4) is 11.8 Å². The van der Waals surface area contributed by atoms with Crippen molar-refractivity contribution in [2.24, 2.45) is 5.92 Å². The summed E-state index contributed by atoms with van der Waals surface area (Å²) in [7, 11) is -3.71. The van der Waals surface area contributed by atoms with Gasteiger partial charge in [0.1, 0.15) is 5.82 Å². The second kappa shape index (κ2) is 8.13. The summed E-state index contributed by atoms with van der Waals surface area (Å²) < 4.78 is 40.3. The fraction of sp³-hybridized carbons (Fsp3) is 0.467. The number of benzene rings is 1. The van der Waals surface area contributed by atoms with Crippen LogP contribution in [0.1, 0.15) is 32.3 Å². The molecule has 0 aliphatic carbocycles. The Morgan fingerprint density at radius 3 is 2.71 bits per heavy atom. The van der Waals surface area contributed by atoms with Crippen LogP contribution in [0.15, 0.2) is 23.1 Å². The van der Waals surface area contributed by atoms with Crippen molar-refractivity contribution in [1.82, 2.24) is 4.72 Å². The van der Waals surface area contributed by atoms with E-state index >= 15 is 0 Å². The normalized spacial score (nSPS) is 12.6. The van der Waals surface area contributed by atoms with Gasteiger partial charge >= 0.3 is 0 Å². The van der Waals surface area contributed by atoms with Crippen molar-refractivity contribution in [3.63, 3.8) is 0 Å². The summed E-state index contributed by atoms with van der Waals surface area (Å²) in [4.78, 5) is -0.115. The van der Waals surface area contributed by atoms with Gasteiger partial charge < -0.3 is 5.11 Å². The molecule has 0 bridgehead atoms. The highest BCUT2D eigenvalue weighted by Crippen LogP contribution is 2.14. The van der Waals surface area contributed by atoms with Gasteiger partial charge in [-0.05, 0) is 24.1 Å². The molecule has 1 unspecified atom stereocenters. The molecule has 0 aliphatic heterocycles. The van der Waals surface area contributed by atoms with E-state index in [0.717, 1.165) is 12.5 Å². The lowest BCUT2D eigenvalue weighted by Crippen LogP contribution is -2.28. The second-order valence-electron chi connectivity index (χ2n) is 4.78. The van der Waals surface area contributed by atoms with Gasteiger partial charge in [-0.3, -0.25) is 0 Å². The number of rotatable bonds is 6. The molecule has 0 aromatic heterocycles. The number of hydrogen-bond donors (Lipinski definition) is 2. The molecule has 1 aromatic rings. The van der Waals surface area contributed by atoms with Crippen molar-refractivity contribution in [1.29, 1.82) is 0 Å². The summed E-state index contributed by atoms with van der Waals surface area (Å²) >= 11 is 0. The van der Waals surface area contributed by atoms with Crippen LogP contribution in [0.3, 0.4) is 0 Å². The van der Waals surface area contributed by atoms with Crippen LogP contribution in [-0.2, 0) is 10.0 Å². The number of halogens is 1. The van der Waals surface area contributed by atoms with Crippen molar-refractivity contribution in [2.75, 3.05) is 13.2 Å². The fourth-order valence-electron chi connectivity index (χ4n) is 1.46. The lowest BCUT2D eigenvalue weighted by atomic mass is 10.1. The molecule has 2 N–H and O–H groups in total. The van der Waals surface area contributed by atoms with Gasteiger partial charge in [-0.2, -0.15) is 0 Å². The third kappa shape index (κ3) is 5.46. The Kier molecular flexibility index (Phi) is 6.82. The van der Waals surface area contributed by atoms with Gasteiger partial charge in [0.2, 0.25) is 10.0 Å². The largest absolute Gasteiger partial charge is 0.395 e. The molecular weight excluding hydrogens is 293 g/mol. The van der Waals surface area contributed by atoms with E-state index in [9.17, 15) is 12.8 Å². The molecule has 21 heavy (non-hydrogen) atoms. The molecule has 1 aromatic carbocycles. The van der Waals surface area contributed by atoms with Crippen molar-refractivity contribution >= 4 is 10.0 Å². The first-order valence-corrected chi connectivity index (χ1v) is 8.28. The zero-order valence-electron chi connectivity index (χ0n) is 12.2. The van der Waals surface area contributed by atoms with Crippen molar-refractivity contribution in [2.45, 2.75) is 31.6 Å². The van der Waals surface area contributed by atoms with Crippen molar-refractivity contribution < 1.29 is 17.9 Å². The van der Waals surface area contributed by atoms with E-state index < -0.39 is 15.8 Å². The zero-order valence-corrected chi connectivity index (χ0v) is 13.0. The lowest BCUT2D eigenvalue weighted by molar-refractivity contribution is 0.305. The Hall–Kier alpha value is -1.42. The maximum absolute atomic E-state index is 13.8. The Labute approximate surface area is 125 Å². The SMILES string of the molecule is CCC(C)CNS(=O)(=O)c1ccc(C#CCCO)c(F)c1. The first kappa shape index (κ1) is 17.6. The minimum absolute atomic E-state index is 0.0966. The van der Waals surface area contributed by atoms with Gasteiger partial charge in [0.15, 0.2) is 0 Å². The molecular formula is C15H20FNO3S. The van der Waals surface area contributed by atoms with Gasteiger partial charge in [0.25, 0.3) is 0 Å². The average molecular weight is 313 g/mol. The van der Waals surface area contributed by atoms with Crippen LogP contribution in [0.2, 0.25) is 0 Å². The third-order valence-electron chi connectivity index (χ3n) is 3.03. The number of aliphatic hydroxyl groups is 1. The van der Waals surface area contributed by atoms with Gasteiger partial charge in [0, 0.05) is 13.0 Å². The molecule has 1 rings (SSSR count). The van der Waals surface area contributed by atoms with Crippen LogP contribution in [0.5, 0.6) is 0 Å². The quantitative estimate of drug-likeness (QED) is 0.788. The highest BCUT2D eigenvalue weighted by Gasteiger charge is 2.16. The van der Waals surface area contributed by atoms with E-state index in [4.69, 9.17) is 5.11 Å². The molecule has 6 heteroatoms. The number of hydrogen-bond acceptors (Lipinski definition) is 3. The Bertz CT molecular complexity index is 632. The molecule has 116 valence electrons. The summed E-state index contributed by atoms with van der Waals surface area (Å²) in [5.41, 5.74) is 0.115. The molecule has 0 fully saturated rings. The highest BCUT2D eigenvalue weighted by atomic mass is 32.2. The van der Waals surface area contributed by atoms with Crippen LogP contribution in [0.4, 0.5) is 4.39 Å². The van der Waals surface area contributed by atoms with E-state index in [2.05, 4.69) is 16.6 Å². The minimum Gasteiger partial charge on any atom is -0.395 e. The monoisotopic (exact) mass is 313 g/mol. The van der Waals surface area contributed by atoms with Crippen LogP contribution in [0.25, 0.3) is 0 Å². The zero-order chi connectivity index (χ0) is 15.9. The molecule has 0 spiro atoms. The third-order valence-corrected chi connectivity index (χ3v) is 4.45. The molecule has 1 atom stereocenters. The number of nitrogens with one attached hydrogen (secondary N) is 1. The smallest absolute Gasteiger partial charge is 0.240 e. The van der Waals surface area contributed by atoms with Crippen LogP contribution >= 0.6 is 0 Å². The summed E-state index contributed by atoms with van der Waals surface area (Å²) in [5.74, 6) is 4.67. The minimum atomic E-state index is -3.71. The van der Waals surface area contributed by atoms with Crippen LogP contribution in [-0.4, -0.2) is 26.7 Å². The van der Waals surface area contributed by atoms with E-state index in [0.29, 0.717) is 6.54 Å². The molecule has 0 saturated heterocycles. The van der Waals surface area contributed by atoms with E-state index in [1.807, 2.05) is 13.8 Å². The average Bonchev–Trinajstić information content (AvgIpc) is 2.46. The van der Waals surface area contributed by atoms with Gasteiger partial charge in [0.05, 0.1) is 17.1 Å². The highest BCUT2D eigenvalue weighted by molar-refractivity contribution is 7.89. The van der Waals surface area contributed by atoms with Gasteiger partial charge in [-0.25, -0.2) is 17.5 Å². The van der Waals surface area contributed by atoms with Gasteiger partial charge in [-0.15, -0.1) is 0 Å².